The molecule has 1 rings (SSSR count). The maximum Gasteiger partial charge on any atom is 0.241 e. The molecule has 104 valence electrons. The van der Waals surface area contributed by atoms with Gasteiger partial charge >= 0.3 is 0 Å². The highest BCUT2D eigenvalue weighted by atomic mass is 16.2. The fourth-order valence-electron chi connectivity index (χ4n) is 1.50. The van der Waals surface area contributed by atoms with Gasteiger partial charge in [0.1, 0.15) is 0 Å². The number of nitrogens with one attached hydrogen (secondary N) is 2. The van der Waals surface area contributed by atoms with Crippen LogP contribution in [0.3, 0.4) is 0 Å². The van der Waals surface area contributed by atoms with Gasteiger partial charge in [-0.1, -0.05) is 30.3 Å². The summed E-state index contributed by atoms with van der Waals surface area (Å²) >= 11 is 0. The fourth-order valence-corrected chi connectivity index (χ4v) is 1.50. The van der Waals surface area contributed by atoms with Crippen molar-refractivity contribution in [3.63, 3.8) is 0 Å². The maximum atomic E-state index is 11.6. The first-order chi connectivity index (χ1) is 9.00. The van der Waals surface area contributed by atoms with Gasteiger partial charge in [0.25, 0.3) is 0 Å². The molecule has 0 unspecified atom stereocenters. The van der Waals surface area contributed by atoms with Crippen LogP contribution in [0.25, 0.3) is 0 Å². The monoisotopic (exact) mass is 263 g/mol. The summed E-state index contributed by atoms with van der Waals surface area (Å²) in [6.07, 6.45) is 0. The van der Waals surface area contributed by atoms with Crippen molar-refractivity contribution < 1.29 is 9.59 Å². The van der Waals surface area contributed by atoms with Gasteiger partial charge in [-0.15, -0.1) is 0 Å². The lowest BCUT2D eigenvalue weighted by Crippen LogP contribution is -2.40. The fraction of sp³-hybridized carbons (Fsp3) is 0.429. The molecule has 0 fully saturated rings. The zero-order chi connectivity index (χ0) is 14.3. The highest BCUT2D eigenvalue weighted by molar-refractivity contribution is 5.85. The van der Waals surface area contributed by atoms with Crippen LogP contribution in [-0.4, -0.2) is 43.9 Å². The molecule has 0 aromatic heterocycles. The molecule has 0 saturated carbocycles. The van der Waals surface area contributed by atoms with E-state index in [0.717, 1.165) is 5.56 Å². The molecule has 0 aliphatic carbocycles. The van der Waals surface area contributed by atoms with Crippen LogP contribution in [0.2, 0.25) is 0 Å². The van der Waals surface area contributed by atoms with E-state index in [1.54, 1.807) is 14.1 Å². The molecule has 0 bridgehead atoms. The average Bonchev–Trinajstić information content (AvgIpc) is 2.42. The van der Waals surface area contributed by atoms with E-state index in [-0.39, 0.29) is 30.9 Å². The summed E-state index contributed by atoms with van der Waals surface area (Å²) < 4.78 is 0. The summed E-state index contributed by atoms with van der Waals surface area (Å²) in [6.45, 7) is 2.22. The number of nitrogens with zero attached hydrogens (tertiary/aromatic N) is 1. The van der Waals surface area contributed by atoms with E-state index in [1.165, 1.54) is 4.90 Å². The van der Waals surface area contributed by atoms with E-state index in [0.29, 0.717) is 0 Å². The van der Waals surface area contributed by atoms with Crippen LogP contribution >= 0.6 is 0 Å². The molecule has 2 amide bonds. The number of carbonyl (C=O) groups excluding carboxylic acids is 2. The van der Waals surface area contributed by atoms with Gasteiger partial charge in [0, 0.05) is 20.1 Å². The van der Waals surface area contributed by atoms with Gasteiger partial charge < -0.3 is 15.5 Å². The van der Waals surface area contributed by atoms with Crippen LogP contribution in [0.5, 0.6) is 0 Å². The van der Waals surface area contributed by atoms with Gasteiger partial charge in [-0.05, 0) is 12.5 Å². The van der Waals surface area contributed by atoms with Crippen molar-refractivity contribution in [2.24, 2.45) is 0 Å². The van der Waals surface area contributed by atoms with Crippen molar-refractivity contribution in [1.82, 2.24) is 15.5 Å². The minimum Gasteiger partial charge on any atom is -0.347 e. The average molecular weight is 263 g/mol. The molecular weight excluding hydrogens is 242 g/mol. The van der Waals surface area contributed by atoms with Crippen LogP contribution in [0.15, 0.2) is 30.3 Å². The van der Waals surface area contributed by atoms with E-state index in [9.17, 15) is 9.59 Å². The molecule has 5 heteroatoms. The smallest absolute Gasteiger partial charge is 0.241 e. The predicted molar refractivity (Wildman–Crippen MR) is 74.6 cm³/mol. The summed E-state index contributed by atoms with van der Waals surface area (Å²) in [7, 11) is 3.31. The number of carbonyl (C=O) groups is 2. The SMILES string of the molecule is C[C@H](NCC(=O)NCC(=O)N(C)C)c1ccccc1. The second-order valence-corrected chi connectivity index (χ2v) is 4.58. The Bertz CT molecular complexity index is 418. The Morgan fingerprint density at radius 1 is 1.16 bits per heavy atom. The van der Waals surface area contributed by atoms with E-state index in [1.807, 2.05) is 37.3 Å². The summed E-state index contributed by atoms with van der Waals surface area (Å²) in [4.78, 5) is 24.3. The lowest BCUT2D eigenvalue weighted by atomic mass is 10.1. The molecule has 0 radical (unpaired) electrons. The molecule has 1 aromatic carbocycles. The predicted octanol–water partition coefficient (Wildman–Crippen LogP) is 0.542. The standard InChI is InChI=1S/C14H21N3O2/c1-11(12-7-5-4-6-8-12)15-9-13(18)16-10-14(19)17(2)3/h4-8,11,15H,9-10H2,1-3H3,(H,16,18)/t11-/m0/s1. The number of benzene rings is 1. The second kappa shape index (κ2) is 7.53. The molecule has 1 aromatic rings. The maximum absolute atomic E-state index is 11.6. The molecule has 0 saturated heterocycles. The summed E-state index contributed by atoms with van der Waals surface area (Å²) in [5.74, 6) is -0.303. The normalized spacial score (nSPS) is 11.7. The molecule has 0 aliphatic rings. The molecule has 1 atom stereocenters. The Hall–Kier alpha value is -1.88. The minimum absolute atomic E-state index is 0.0350. The van der Waals surface area contributed by atoms with Crippen molar-refractivity contribution in [1.29, 1.82) is 0 Å². The van der Waals surface area contributed by atoms with E-state index in [4.69, 9.17) is 0 Å². The van der Waals surface area contributed by atoms with Crippen LogP contribution in [0.4, 0.5) is 0 Å². The van der Waals surface area contributed by atoms with E-state index >= 15 is 0 Å². The van der Waals surface area contributed by atoms with Crippen molar-refractivity contribution in [2.75, 3.05) is 27.2 Å². The van der Waals surface area contributed by atoms with Crippen molar-refractivity contribution in [3.05, 3.63) is 35.9 Å². The lowest BCUT2D eigenvalue weighted by molar-refractivity contribution is -0.130. The molecule has 5 nitrogen and oxygen atoms in total. The topological polar surface area (TPSA) is 61.4 Å². The molecular formula is C14H21N3O2. The Morgan fingerprint density at radius 2 is 1.79 bits per heavy atom. The highest BCUT2D eigenvalue weighted by Gasteiger charge is 2.09. The molecule has 0 heterocycles. The Morgan fingerprint density at radius 3 is 2.37 bits per heavy atom. The van der Waals surface area contributed by atoms with Gasteiger partial charge in [-0.25, -0.2) is 0 Å². The van der Waals surface area contributed by atoms with Crippen LogP contribution in [-0.2, 0) is 9.59 Å². The van der Waals surface area contributed by atoms with Gasteiger partial charge in [-0.2, -0.15) is 0 Å². The summed E-state index contributed by atoms with van der Waals surface area (Å²) in [5, 5.41) is 5.69. The van der Waals surface area contributed by atoms with E-state index < -0.39 is 0 Å². The van der Waals surface area contributed by atoms with Crippen LogP contribution < -0.4 is 10.6 Å². The van der Waals surface area contributed by atoms with Crippen LogP contribution in [0.1, 0.15) is 18.5 Å². The number of hydrogen-bond donors (Lipinski definition) is 2. The number of amides is 2. The quantitative estimate of drug-likeness (QED) is 0.787. The van der Waals surface area contributed by atoms with Gasteiger partial charge in [0.05, 0.1) is 13.1 Å². The minimum atomic E-state index is -0.182. The number of likely N-dealkylation sites (N-methyl/N-ethyl adjacent to an activating group) is 1. The second-order valence-electron chi connectivity index (χ2n) is 4.58. The van der Waals surface area contributed by atoms with Crippen molar-refractivity contribution in [3.8, 4) is 0 Å². The van der Waals surface area contributed by atoms with Crippen molar-refractivity contribution >= 4 is 11.8 Å². The number of hydrogen-bond acceptors (Lipinski definition) is 3. The summed E-state index contributed by atoms with van der Waals surface area (Å²) in [6, 6.07) is 9.98. The third kappa shape index (κ3) is 5.52. The lowest BCUT2D eigenvalue weighted by Gasteiger charge is -2.15. The summed E-state index contributed by atoms with van der Waals surface area (Å²) in [5.41, 5.74) is 1.12. The zero-order valence-electron chi connectivity index (χ0n) is 11.6. The first kappa shape index (κ1) is 15.2. The van der Waals surface area contributed by atoms with Gasteiger partial charge in [-0.3, -0.25) is 9.59 Å². The highest BCUT2D eigenvalue weighted by Crippen LogP contribution is 2.10. The largest absolute Gasteiger partial charge is 0.347 e. The zero-order valence-corrected chi connectivity index (χ0v) is 11.6. The molecule has 2 N–H and O–H groups in total. The Kier molecular flexibility index (Phi) is 6.02. The van der Waals surface area contributed by atoms with Crippen molar-refractivity contribution in [2.45, 2.75) is 13.0 Å². The van der Waals surface area contributed by atoms with Gasteiger partial charge in [0.15, 0.2) is 0 Å². The first-order valence-corrected chi connectivity index (χ1v) is 6.26. The third-order valence-corrected chi connectivity index (χ3v) is 2.80. The first-order valence-electron chi connectivity index (χ1n) is 6.26. The number of rotatable bonds is 6. The molecule has 0 aliphatic heterocycles. The van der Waals surface area contributed by atoms with E-state index in [2.05, 4.69) is 10.6 Å². The Balaban J connectivity index is 2.29. The van der Waals surface area contributed by atoms with Crippen LogP contribution in [0, 0.1) is 0 Å². The molecule has 19 heavy (non-hydrogen) atoms. The third-order valence-electron chi connectivity index (χ3n) is 2.80. The molecule has 0 spiro atoms. The van der Waals surface area contributed by atoms with Gasteiger partial charge in [0.2, 0.25) is 11.8 Å². The Labute approximate surface area is 114 Å².